The number of benzene rings is 1. The van der Waals surface area contributed by atoms with E-state index >= 15 is 0 Å². The lowest BCUT2D eigenvalue weighted by Crippen LogP contribution is -2.55. The van der Waals surface area contributed by atoms with E-state index in [-0.39, 0.29) is 23.2 Å². The van der Waals surface area contributed by atoms with Crippen molar-refractivity contribution in [3.8, 4) is 0 Å². The summed E-state index contributed by atoms with van der Waals surface area (Å²) in [6, 6.07) is 5.71. The largest absolute Gasteiger partial charge is 0.462 e. The van der Waals surface area contributed by atoms with Crippen LogP contribution in [0.3, 0.4) is 0 Å². The summed E-state index contributed by atoms with van der Waals surface area (Å²) in [6.45, 7) is 5.19. The molecule has 0 radical (unpaired) electrons. The first-order valence-corrected chi connectivity index (χ1v) is 8.69. The van der Waals surface area contributed by atoms with Gasteiger partial charge in [-0.15, -0.1) is 0 Å². The molecule has 0 unspecified atom stereocenters. The summed E-state index contributed by atoms with van der Waals surface area (Å²) in [6.07, 6.45) is -5.14. The van der Waals surface area contributed by atoms with Crippen LogP contribution in [0.25, 0.3) is 0 Å². The van der Waals surface area contributed by atoms with E-state index in [4.69, 9.17) is 16.3 Å². The van der Waals surface area contributed by atoms with Crippen LogP contribution in [0.5, 0.6) is 0 Å². The Hall–Kier alpha value is -2.29. The first kappa shape index (κ1) is 21.0. The van der Waals surface area contributed by atoms with Crippen LogP contribution in [-0.2, 0) is 14.3 Å². The molecule has 0 saturated heterocycles. The standard InChI is InChI=1S/C17H19ClF3N3O3/c1-4-24(5-2)15-23-16(17(19,20)21,14(25)26-6-3)22-13(27-15)11-9-7-8-10-12(11)18/h7-10H,4-6H2,1-3H3/t16-/m0/s1. The van der Waals surface area contributed by atoms with Crippen molar-refractivity contribution in [2.24, 2.45) is 9.98 Å². The van der Waals surface area contributed by atoms with Gasteiger partial charge in [-0.3, -0.25) is 0 Å². The number of esters is 1. The minimum Gasteiger partial charge on any atom is -0.462 e. The summed E-state index contributed by atoms with van der Waals surface area (Å²) < 4.78 is 52.1. The zero-order valence-electron chi connectivity index (χ0n) is 15.0. The topological polar surface area (TPSA) is 63.5 Å². The third kappa shape index (κ3) is 4.02. The molecule has 1 heterocycles. The number of amidine groups is 1. The van der Waals surface area contributed by atoms with Gasteiger partial charge in [0.2, 0.25) is 5.90 Å². The number of alkyl halides is 3. The van der Waals surface area contributed by atoms with E-state index in [1.54, 1.807) is 26.0 Å². The van der Waals surface area contributed by atoms with Crippen LogP contribution in [0.2, 0.25) is 5.02 Å². The van der Waals surface area contributed by atoms with Gasteiger partial charge in [0.25, 0.3) is 6.02 Å². The highest BCUT2D eigenvalue weighted by molar-refractivity contribution is 6.34. The van der Waals surface area contributed by atoms with Crippen molar-refractivity contribution >= 4 is 29.5 Å². The van der Waals surface area contributed by atoms with Crippen LogP contribution in [-0.4, -0.2) is 54.3 Å². The van der Waals surface area contributed by atoms with Crippen molar-refractivity contribution in [3.05, 3.63) is 34.9 Å². The number of ether oxygens (including phenoxy) is 2. The molecule has 0 amide bonds. The van der Waals surface area contributed by atoms with Crippen molar-refractivity contribution in [3.63, 3.8) is 0 Å². The van der Waals surface area contributed by atoms with Gasteiger partial charge in [0.15, 0.2) is 0 Å². The van der Waals surface area contributed by atoms with Gasteiger partial charge in [-0.05, 0) is 32.9 Å². The summed E-state index contributed by atoms with van der Waals surface area (Å²) in [5, 5.41) is 0.122. The molecular weight excluding hydrogens is 387 g/mol. The SMILES string of the molecule is CCOC(=O)[C@]1(C(F)(F)F)N=C(c2ccccc2Cl)OC(N(CC)CC)=N1. The zero-order chi connectivity index (χ0) is 20.2. The number of carbonyl (C=O) groups excluding carboxylic acids is 1. The van der Waals surface area contributed by atoms with E-state index in [2.05, 4.69) is 14.7 Å². The van der Waals surface area contributed by atoms with Gasteiger partial charge in [-0.25, -0.2) is 4.79 Å². The molecule has 27 heavy (non-hydrogen) atoms. The molecule has 1 aromatic rings. The fourth-order valence-corrected chi connectivity index (χ4v) is 2.60. The zero-order valence-corrected chi connectivity index (χ0v) is 15.8. The Bertz CT molecular complexity index is 763. The van der Waals surface area contributed by atoms with Crippen LogP contribution in [0.4, 0.5) is 13.2 Å². The summed E-state index contributed by atoms with van der Waals surface area (Å²) >= 11 is 6.09. The monoisotopic (exact) mass is 405 g/mol. The molecule has 1 aliphatic rings. The lowest BCUT2D eigenvalue weighted by Gasteiger charge is -2.33. The number of carbonyl (C=O) groups is 1. The second-order valence-corrected chi connectivity index (χ2v) is 5.86. The van der Waals surface area contributed by atoms with Crippen molar-refractivity contribution in [2.75, 3.05) is 19.7 Å². The van der Waals surface area contributed by atoms with Gasteiger partial charge in [0.05, 0.1) is 17.2 Å². The summed E-state index contributed by atoms with van der Waals surface area (Å²) in [5.74, 6) is -2.09. The lowest BCUT2D eigenvalue weighted by atomic mass is 10.1. The maximum atomic E-state index is 14.0. The molecule has 0 N–H and O–H groups in total. The molecule has 6 nitrogen and oxygen atoms in total. The van der Waals surface area contributed by atoms with E-state index in [9.17, 15) is 18.0 Å². The predicted molar refractivity (Wildman–Crippen MR) is 94.8 cm³/mol. The highest BCUT2D eigenvalue weighted by atomic mass is 35.5. The molecule has 0 saturated carbocycles. The first-order valence-electron chi connectivity index (χ1n) is 8.31. The van der Waals surface area contributed by atoms with Crippen molar-refractivity contribution in [1.82, 2.24) is 4.90 Å². The highest BCUT2D eigenvalue weighted by Gasteiger charge is 2.65. The number of aliphatic imine (C=N–C) groups is 2. The number of nitrogens with zero attached hydrogens (tertiary/aromatic N) is 3. The van der Waals surface area contributed by atoms with Gasteiger partial charge in [-0.2, -0.15) is 23.2 Å². The Labute approximate surface area is 159 Å². The molecule has 10 heteroatoms. The molecule has 0 fully saturated rings. The molecule has 1 aromatic carbocycles. The molecule has 1 aliphatic heterocycles. The first-order chi connectivity index (χ1) is 12.7. The molecule has 148 valence electrons. The Balaban J connectivity index is 2.72. The Morgan fingerprint density at radius 1 is 1.22 bits per heavy atom. The Morgan fingerprint density at radius 2 is 1.85 bits per heavy atom. The Kier molecular flexibility index (Phi) is 6.35. The van der Waals surface area contributed by atoms with E-state index in [0.717, 1.165) is 0 Å². The van der Waals surface area contributed by atoms with Crippen LogP contribution in [0.15, 0.2) is 34.3 Å². The number of hydrogen-bond acceptors (Lipinski definition) is 6. The smallest absolute Gasteiger partial charge is 0.446 e. The molecule has 0 bridgehead atoms. The van der Waals surface area contributed by atoms with E-state index in [0.29, 0.717) is 13.1 Å². The summed E-state index contributed by atoms with van der Waals surface area (Å²) in [5.41, 5.74) is -3.36. The fourth-order valence-electron chi connectivity index (χ4n) is 2.39. The quantitative estimate of drug-likeness (QED) is 0.702. The van der Waals surface area contributed by atoms with Gasteiger partial charge >= 0.3 is 17.8 Å². The average Bonchev–Trinajstić information content (AvgIpc) is 2.62. The number of halogens is 4. The predicted octanol–water partition coefficient (Wildman–Crippen LogP) is 3.64. The molecule has 0 aliphatic carbocycles. The van der Waals surface area contributed by atoms with Crippen molar-refractivity contribution in [1.29, 1.82) is 0 Å². The second kappa shape index (κ2) is 8.16. The average molecular weight is 406 g/mol. The molecule has 1 atom stereocenters. The van der Waals surface area contributed by atoms with Gasteiger partial charge in [0, 0.05) is 13.1 Å². The van der Waals surface area contributed by atoms with Gasteiger partial charge in [-0.1, -0.05) is 23.7 Å². The summed E-state index contributed by atoms with van der Waals surface area (Å²) in [7, 11) is 0. The fraction of sp³-hybridized carbons (Fsp3) is 0.471. The second-order valence-electron chi connectivity index (χ2n) is 5.46. The minimum atomic E-state index is -5.14. The maximum Gasteiger partial charge on any atom is 0.446 e. The molecule has 0 aromatic heterocycles. The Morgan fingerprint density at radius 3 is 2.37 bits per heavy atom. The van der Waals surface area contributed by atoms with Crippen LogP contribution in [0, 0.1) is 0 Å². The normalized spacial score (nSPS) is 19.7. The van der Waals surface area contributed by atoms with Crippen LogP contribution >= 0.6 is 11.6 Å². The van der Waals surface area contributed by atoms with Gasteiger partial charge in [0.1, 0.15) is 0 Å². The minimum absolute atomic E-state index is 0.108. The third-order valence-corrected chi connectivity index (χ3v) is 4.13. The molecular formula is C17H19ClF3N3O3. The third-order valence-electron chi connectivity index (χ3n) is 3.80. The van der Waals surface area contributed by atoms with E-state index in [1.165, 1.54) is 24.0 Å². The lowest BCUT2D eigenvalue weighted by molar-refractivity contribution is -0.204. The van der Waals surface area contributed by atoms with E-state index in [1.807, 2.05) is 0 Å². The maximum absolute atomic E-state index is 14.0. The van der Waals surface area contributed by atoms with Crippen molar-refractivity contribution < 1.29 is 27.4 Å². The number of rotatable bonds is 5. The van der Waals surface area contributed by atoms with Crippen LogP contribution in [0.1, 0.15) is 26.3 Å². The molecule has 2 rings (SSSR count). The van der Waals surface area contributed by atoms with E-state index < -0.39 is 23.7 Å². The molecule has 0 spiro atoms. The highest BCUT2D eigenvalue weighted by Crippen LogP contribution is 2.39. The van der Waals surface area contributed by atoms with Crippen molar-refractivity contribution in [2.45, 2.75) is 32.6 Å². The van der Waals surface area contributed by atoms with Crippen LogP contribution < -0.4 is 0 Å². The van der Waals surface area contributed by atoms with Gasteiger partial charge < -0.3 is 14.4 Å². The summed E-state index contributed by atoms with van der Waals surface area (Å²) in [4.78, 5) is 20.8. The number of hydrogen-bond donors (Lipinski definition) is 0.